The van der Waals surface area contributed by atoms with E-state index in [0.29, 0.717) is 5.69 Å². The number of para-hydroxylation sites is 1. The van der Waals surface area contributed by atoms with E-state index in [-0.39, 0.29) is 11.0 Å². The van der Waals surface area contributed by atoms with Crippen LogP contribution < -0.4 is 4.90 Å². The summed E-state index contributed by atoms with van der Waals surface area (Å²) in [4.78, 5) is 2.03. The van der Waals surface area contributed by atoms with E-state index >= 15 is 0 Å². The van der Waals surface area contributed by atoms with Gasteiger partial charge in [-0.25, -0.2) is 8.78 Å². The molecule has 0 saturated heterocycles. The molecule has 1 aliphatic heterocycles. The Morgan fingerprint density at radius 2 is 1.72 bits per heavy atom. The van der Waals surface area contributed by atoms with Crippen molar-refractivity contribution in [1.82, 2.24) is 0 Å². The molecule has 0 fully saturated rings. The Kier molecular flexibility index (Phi) is 3.57. The maximum atomic E-state index is 14.3. The highest BCUT2D eigenvalue weighted by Crippen LogP contribution is 2.50. The van der Waals surface area contributed by atoms with Gasteiger partial charge in [-0.05, 0) is 49.1 Å². The second-order valence-electron chi connectivity index (χ2n) is 7.31. The Labute approximate surface area is 147 Å². The van der Waals surface area contributed by atoms with Gasteiger partial charge in [-0.1, -0.05) is 44.2 Å². The van der Waals surface area contributed by atoms with Crippen molar-refractivity contribution in [2.24, 2.45) is 0 Å². The van der Waals surface area contributed by atoms with Crippen LogP contribution in [0.25, 0.3) is 0 Å². The van der Waals surface area contributed by atoms with Crippen molar-refractivity contribution in [2.45, 2.75) is 39.0 Å². The van der Waals surface area contributed by atoms with Gasteiger partial charge in [-0.15, -0.1) is 0 Å². The van der Waals surface area contributed by atoms with E-state index in [1.807, 2.05) is 23.1 Å². The van der Waals surface area contributed by atoms with Crippen LogP contribution in [0, 0.1) is 18.6 Å². The van der Waals surface area contributed by atoms with Crippen molar-refractivity contribution >= 4 is 11.4 Å². The molecule has 128 valence electrons. The molecule has 2 aromatic carbocycles. The first-order valence-electron chi connectivity index (χ1n) is 8.66. The normalized spacial score (nSPS) is 18.2. The molecule has 4 rings (SSSR count). The lowest BCUT2D eigenvalue weighted by Crippen LogP contribution is -2.34. The summed E-state index contributed by atoms with van der Waals surface area (Å²) in [5.74, 6) is -1.02. The average Bonchev–Trinajstić information content (AvgIpc) is 2.60. The Morgan fingerprint density at radius 1 is 1.04 bits per heavy atom. The van der Waals surface area contributed by atoms with E-state index in [9.17, 15) is 8.78 Å². The van der Waals surface area contributed by atoms with Crippen LogP contribution in [0.5, 0.6) is 0 Å². The van der Waals surface area contributed by atoms with Crippen LogP contribution in [0.3, 0.4) is 0 Å². The average molecular weight is 337 g/mol. The highest BCUT2D eigenvalue weighted by Gasteiger charge is 2.38. The Hall–Kier alpha value is -2.42. The molecule has 0 aromatic heterocycles. The van der Waals surface area contributed by atoms with Crippen molar-refractivity contribution < 1.29 is 8.78 Å². The van der Waals surface area contributed by atoms with Crippen LogP contribution >= 0.6 is 0 Å². The van der Waals surface area contributed by atoms with Gasteiger partial charge in [-0.3, -0.25) is 0 Å². The quantitative estimate of drug-likeness (QED) is 0.589. The zero-order valence-electron chi connectivity index (χ0n) is 14.7. The van der Waals surface area contributed by atoms with Crippen molar-refractivity contribution in [3.8, 4) is 0 Å². The predicted octanol–water partition coefficient (Wildman–Crippen LogP) is 6.31. The van der Waals surface area contributed by atoms with Gasteiger partial charge in [0.2, 0.25) is 0 Å². The van der Waals surface area contributed by atoms with E-state index in [0.717, 1.165) is 24.2 Å². The zero-order chi connectivity index (χ0) is 17.8. The number of benzene rings is 2. The molecule has 0 radical (unpaired) electrons. The topological polar surface area (TPSA) is 3.24 Å². The van der Waals surface area contributed by atoms with Gasteiger partial charge in [0.05, 0.1) is 5.69 Å². The van der Waals surface area contributed by atoms with Crippen LogP contribution in [0.4, 0.5) is 20.2 Å². The van der Waals surface area contributed by atoms with E-state index in [1.54, 1.807) is 0 Å². The van der Waals surface area contributed by atoms with Crippen molar-refractivity contribution in [2.75, 3.05) is 4.90 Å². The maximum absolute atomic E-state index is 14.3. The maximum Gasteiger partial charge on any atom is 0.131 e. The summed E-state index contributed by atoms with van der Waals surface area (Å²) >= 11 is 0. The summed E-state index contributed by atoms with van der Waals surface area (Å²) in [5, 5.41) is 0. The summed E-state index contributed by atoms with van der Waals surface area (Å²) in [7, 11) is 0. The minimum atomic E-state index is -0.509. The largest absolute Gasteiger partial charge is 0.313 e. The number of anilines is 2. The fraction of sp³-hybridized carbons (Fsp3) is 0.273. The third-order valence-corrected chi connectivity index (χ3v) is 5.43. The van der Waals surface area contributed by atoms with Gasteiger partial charge >= 0.3 is 0 Å². The lowest BCUT2D eigenvalue weighted by Gasteiger charge is -2.44. The fourth-order valence-electron chi connectivity index (χ4n) is 4.00. The first-order chi connectivity index (χ1) is 11.9. The number of hydrogen-bond acceptors (Lipinski definition) is 1. The zero-order valence-corrected chi connectivity index (χ0v) is 14.7. The summed E-state index contributed by atoms with van der Waals surface area (Å²) in [6, 6.07) is 11.0. The molecular weight excluding hydrogens is 316 g/mol. The van der Waals surface area contributed by atoms with Crippen molar-refractivity contribution in [1.29, 1.82) is 0 Å². The van der Waals surface area contributed by atoms with Gasteiger partial charge in [0.1, 0.15) is 11.6 Å². The first kappa shape index (κ1) is 16.1. The molecule has 1 heterocycles. The van der Waals surface area contributed by atoms with Gasteiger partial charge in [0.15, 0.2) is 0 Å². The number of fused-ring (bicyclic) bond motifs is 1. The Morgan fingerprint density at radius 3 is 2.44 bits per heavy atom. The summed E-state index contributed by atoms with van der Waals surface area (Å²) < 4.78 is 28.5. The van der Waals surface area contributed by atoms with Crippen LogP contribution in [0.2, 0.25) is 0 Å². The monoisotopic (exact) mass is 337 g/mol. The lowest BCUT2D eigenvalue weighted by atomic mass is 9.71. The number of halogens is 2. The molecule has 0 spiro atoms. The molecule has 1 nitrogen and oxygen atoms in total. The second-order valence-corrected chi connectivity index (χ2v) is 7.31. The molecular formula is C22H21F2N. The number of nitrogens with zero attached hydrogens (tertiary/aromatic N) is 1. The standard InChI is InChI=1S/C22H21F2N/c1-14-18(23)12-15(13-19(14)24)25-20-10-6-4-8-16(20)22(2,3)17-9-5-7-11-21(17)25/h4-6,8-10,12-13H,7,11H2,1-3H3. The third kappa shape index (κ3) is 2.33. The highest BCUT2D eigenvalue weighted by atomic mass is 19.1. The molecule has 2 aliphatic rings. The molecule has 0 bridgehead atoms. The van der Waals surface area contributed by atoms with Crippen molar-refractivity contribution in [3.05, 3.63) is 82.6 Å². The summed E-state index contributed by atoms with van der Waals surface area (Å²) in [6.07, 6.45) is 6.15. The highest BCUT2D eigenvalue weighted by molar-refractivity contribution is 5.78. The van der Waals surface area contributed by atoms with Crippen molar-refractivity contribution in [3.63, 3.8) is 0 Å². The molecule has 25 heavy (non-hydrogen) atoms. The number of rotatable bonds is 1. The van der Waals surface area contributed by atoms with Gasteiger partial charge < -0.3 is 4.90 Å². The molecule has 0 atom stereocenters. The molecule has 0 unspecified atom stereocenters. The smallest absolute Gasteiger partial charge is 0.131 e. The lowest BCUT2D eigenvalue weighted by molar-refractivity contribution is 0.567. The Bertz CT molecular complexity index is 898. The van der Waals surface area contributed by atoms with Crippen LogP contribution in [0.15, 0.2) is 59.8 Å². The molecule has 0 saturated carbocycles. The first-order valence-corrected chi connectivity index (χ1v) is 8.66. The molecule has 0 amide bonds. The Balaban J connectivity index is 2.02. The third-order valence-electron chi connectivity index (χ3n) is 5.43. The van der Waals surface area contributed by atoms with Gasteiger partial charge in [-0.2, -0.15) is 0 Å². The predicted molar refractivity (Wildman–Crippen MR) is 98.1 cm³/mol. The van der Waals surface area contributed by atoms with Crippen LogP contribution in [-0.2, 0) is 5.41 Å². The SMILES string of the molecule is Cc1c(F)cc(N2C3=C(C=CCC3)C(C)(C)c3ccccc32)cc1F. The number of allylic oxidation sites excluding steroid dienone is 4. The van der Waals surface area contributed by atoms with Gasteiger partial charge in [0, 0.05) is 22.4 Å². The summed E-state index contributed by atoms with van der Waals surface area (Å²) in [6.45, 7) is 5.89. The van der Waals surface area contributed by atoms with Crippen LogP contribution in [-0.4, -0.2) is 0 Å². The fourth-order valence-corrected chi connectivity index (χ4v) is 4.00. The van der Waals surface area contributed by atoms with E-state index in [2.05, 4.69) is 32.1 Å². The van der Waals surface area contributed by atoms with E-state index in [4.69, 9.17) is 0 Å². The second kappa shape index (κ2) is 5.55. The van der Waals surface area contributed by atoms with E-state index in [1.165, 1.54) is 30.2 Å². The molecule has 3 heteroatoms. The van der Waals surface area contributed by atoms with Gasteiger partial charge in [0.25, 0.3) is 0 Å². The molecule has 0 N–H and O–H groups in total. The minimum Gasteiger partial charge on any atom is -0.313 e. The van der Waals surface area contributed by atoms with E-state index < -0.39 is 11.6 Å². The molecule has 1 aliphatic carbocycles. The summed E-state index contributed by atoms with van der Waals surface area (Å²) in [5.41, 5.74) is 5.00. The van der Waals surface area contributed by atoms with Crippen LogP contribution in [0.1, 0.15) is 37.8 Å². The minimum absolute atomic E-state index is 0.0621. The molecule has 2 aromatic rings. The number of hydrogen-bond donors (Lipinski definition) is 0.